The Kier molecular flexibility index (Phi) is 8.17. The molecule has 0 aromatic heterocycles. The molecule has 1 aliphatic heterocycles. The third-order valence-electron chi connectivity index (χ3n) is 1.35. The minimum absolute atomic E-state index is 0. The first kappa shape index (κ1) is 13.1. The average molecular weight is 187 g/mol. The van der Waals surface area contributed by atoms with Crippen LogP contribution in [-0.4, -0.2) is 25.2 Å². The quantitative estimate of drug-likeness (QED) is 0.668. The molecule has 2 N–H and O–H groups in total. The second-order valence-corrected chi connectivity index (χ2v) is 2.68. The van der Waals surface area contributed by atoms with E-state index in [1.807, 2.05) is 0 Å². The number of nitrogens with one attached hydrogen (secondary N) is 2. The number of rotatable bonds is 2. The largest absolute Gasteiger partial charge is 0.314 e. The zero-order valence-electron chi connectivity index (χ0n) is 6.39. The predicted octanol–water partition coefficient (Wildman–Crippen LogP) is 0.800. The molecule has 0 aromatic carbocycles. The van der Waals surface area contributed by atoms with Crippen LogP contribution in [0.5, 0.6) is 0 Å². The summed E-state index contributed by atoms with van der Waals surface area (Å²) in [6.45, 7) is 6.66. The predicted molar refractivity (Wildman–Crippen MR) is 49.4 cm³/mol. The van der Waals surface area contributed by atoms with E-state index in [4.69, 9.17) is 0 Å². The number of hydrogen-bond acceptors (Lipinski definition) is 2. The van der Waals surface area contributed by atoms with E-state index in [9.17, 15) is 0 Å². The molecule has 0 unspecified atom stereocenters. The van der Waals surface area contributed by atoms with E-state index in [-0.39, 0.29) is 24.8 Å². The topological polar surface area (TPSA) is 24.1 Å². The van der Waals surface area contributed by atoms with Gasteiger partial charge in [-0.15, -0.1) is 24.8 Å². The normalized spacial score (nSPS) is 17.1. The van der Waals surface area contributed by atoms with E-state index >= 15 is 0 Å². The summed E-state index contributed by atoms with van der Waals surface area (Å²) in [6.07, 6.45) is 0. The SMILES string of the molecule is CC(C)NC1CNC1.Cl.Cl. The first-order valence-corrected chi connectivity index (χ1v) is 3.26. The fourth-order valence-corrected chi connectivity index (χ4v) is 0.878. The van der Waals surface area contributed by atoms with E-state index in [1.54, 1.807) is 0 Å². The molecule has 1 rings (SSSR count). The van der Waals surface area contributed by atoms with Crippen molar-refractivity contribution in [1.29, 1.82) is 0 Å². The molecule has 0 spiro atoms. The smallest absolute Gasteiger partial charge is 0.0319 e. The molecule has 0 saturated carbocycles. The monoisotopic (exact) mass is 186 g/mol. The van der Waals surface area contributed by atoms with Crippen LogP contribution in [0.2, 0.25) is 0 Å². The second kappa shape index (κ2) is 6.23. The van der Waals surface area contributed by atoms with Gasteiger partial charge in [0, 0.05) is 25.2 Å². The van der Waals surface area contributed by atoms with Crippen LogP contribution in [0.3, 0.4) is 0 Å². The average Bonchev–Trinajstić information content (AvgIpc) is 1.55. The Bertz CT molecular complexity index is 74.1. The highest BCUT2D eigenvalue weighted by molar-refractivity contribution is 5.85. The van der Waals surface area contributed by atoms with E-state index in [0.717, 1.165) is 19.1 Å². The summed E-state index contributed by atoms with van der Waals surface area (Å²) in [5, 5.41) is 6.62. The van der Waals surface area contributed by atoms with Gasteiger partial charge >= 0.3 is 0 Å². The number of hydrogen-bond donors (Lipinski definition) is 2. The Balaban J connectivity index is 0. The van der Waals surface area contributed by atoms with Crippen LogP contribution >= 0.6 is 24.8 Å². The Morgan fingerprint density at radius 1 is 1.30 bits per heavy atom. The summed E-state index contributed by atoms with van der Waals surface area (Å²) in [4.78, 5) is 0. The van der Waals surface area contributed by atoms with Crippen LogP contribution in [0.4, 0.5) is 0 Å². The van der Waals surface area contributed by atoms with Crippen LogP contribution in [0.25, 0.3) is 0 Å². The molecule has 1 aliphatic rings. The van der Waals surface area contributed by atoms with Gasteiger partial charge in [0.1, 0.15) is 0 Å². The van der Waals surface area contributed by atoms with Gasteiger partial charge in [0.25, 0.3) is 0 Å². The minimum atomic E-state index is 0. The van der Waals surface area contributed by atoms with E-state index in [1.165, 1.54) is 0 Å². The summed E-state index contributed by atoms with van der Waals surface area (Å²) in [7, 11) is 0. The summed E-state index contributed by atoms with van der Waals surface area (Å²) < 4.78 is 0. The fourth-order valence-electron chi connectivity index (χ4n) is 0.878. The maximum absolute atomic E-state index is 3.42. The Morgan fingerprint density at radius 3 is 1.90 bits per heavy atom. The van der Waals surface area contributed by atoms with Crippen LogP contribution in [0.1, 0.15) is 13.8 Å². The molecular weight excluding hydrogens is 171 g/mol. The van der Waals surface area contributed by atoms with Crippen LogP contribution in [-0.2, 0) is 0 Å². The van der Waals surface area contributed by atoms with Crippen molar-refractivity contribution in [1.82, 2.24) is 10.6 Å². The van der Waals surface area contributed by atoms with Crippen molar-refractivity contribution >= 4 is 24.8 Å². The van der Waals surface area contributed by atoms with Gasteiger partial charge in [-0.1, -0.05) is 13.8 Å². The molecule has 0 aromatic rings. The summed E-state index contributed by atoms with van der Waals surface area (Å²) in [5.74, 6) is 0. The standard InChI is InChI=1S/C6H14N2.2ClH/c1-5(2)8-6-3-7-4-6;;/h5-8H,3-4H2,1-2H3;2*1H. The summed E-state index contributed by atoms with van der Waals surface area (Å²) in [6, 6.07) is 1.39. The van der Waals surface area contributed by atoms with E-state index < -0.39 is 0 Å². The van der Waals surface area contributed by atoms with Crippen molar-refractivity contribution in [3.63, 3.8) is 0 Å². The maximum atomic E-state index is 3.42. The fraction of sp³-hybridized carbons (Fsp3) is 1.00. The molecule has 1 saturated heterocycles. The third kappa shape index (κ3) is 4.34. The molecular formula is C6H16Cl2N2. The molecule has 0 aliphatic carbocycles. The zero-order valence-corrected chi connectivity index (χ0v) is 8.02. The molecule has 0 radical (unpaired) electrons. The van der Waals surface area contributed by atoms with Crippen molar-refractivity contribution in [3.05, 3.63) is 0 Å². The van der Waals surface area contributed by atoms with Crippen molar-refractivity contribution in [3.8, 4) is 0 Å². The molecule has 4 heteroatoms. The first-order chi connectivity index (χ1) is 3.79. The Morgan fingerprint density at radius 2 is 1.80 bits per heavy atom. The molecule has 0 atom stereocenters. The van der Waals surface area contributed by atoms with E-state index in [0.29, 0.717) is 6.04 Å². The van der Waals surface area contributed by atoms with Gasteiger partial charge in [-0.25, -0.2) is 0 Å². The van der Waals surface area contributed by atoms with Gasteiger partial charge < -0.3 is 10.6 Å². The third-order valence-corrected chi connectivity index (χ3v) is 1.35. The van der Waals surface area contributed by atoms with Crippen LogP contribution in [0.15, 0.2) is 0 Å². The molecule has 0 bridgehead atoms. The van der Waals surface area contributed by atoms with Crippen LogP contribution in [0, 0.1) is 0 Å². The highest BCUT2D eigenvalue weighted by Crippen LogP contribution is 1.91. The maximum Gasteiger partial charge on any atom is 0.0319 e. The first-order valence-electron chi connectivity index (χ1n) is 3.26. The summed E-state index contributed by atoms with van der Waals surface area (Å²) >= 11 is 0. The molecule has 1 fully saturated rings. The lowest BCUT2D eigenvalue weighted by Crippen LogP contribution is -2.57. The lowest BCUT2D eigenvalue weighted by Gasteiger charge is -2.29. The van der Waals surface area contributed by atoms with Crippen molar-refractivity contribution < 1.29 is 0 Å². The highest BCUT2D eigenvalue weighted by Gasteiger charge is 2.15. The minimum Gasteiger partial charge on any atom is -0.314 e. The molecule has 2 nitrogen and oxygen atoms in total. The lowest BCUT2D eigenvalue weighted by atomic mass is 10.1. The Hall–Kier alpha value is 0.500. The van der Waals surface area contributed by atoms with Gasteiger partial charge in [-0.3, -0.25) is 0 Å². The van der Waals surface area contributed by atoms with E-state index in [2.05, 4.69) is 24.5 Å². The van der Waals surface area contributed by atoms with Crippen molar-refractivity contribution in [2.24, 2.45) is 0 Å². The summed E-state index contributed by atoms with van der Waals surface area (Å²) in [5.41, 5.74) is 0. The van der Waals surface area contributed by atoms with Crippen LogP contribution < -0.4 is 10.6 Å². The second-order valence-electron chi connectivity index (χ2n) is 2.68. The zero-order chi connectivity index (χ0) is 5.98. The number of halogens is 2. The van der Waals surface area contributed by atoms with Gasteiger partial charge in [0.2, 0.25) is 0 Å². The lowest BCUT2D eigenvalue weighted by molar-refractivity contribution is 0.344. The molecule has 10 heavy (non-hydrogen) atoms. The van der Waals surface area contributed by atoms with Crippen molar-refractivity contribution in [2.75, 3.05) is 13.1 Å². The molecule has 64 valence electrons. The van der Waals surface area contributed by atoms with Gasteiger partial charge in [-0.2, -0.15) is 0 Å². The van der Waals surface area contributed by atoms with Gasteiger partial charge in [0.15, 0.2) is 0 Å². The molecule has 0 amide bonds. The Labute approximate surface area is 75.0 Å². The van der Waals surface area contributed by atoms with Gasteiger partial charge in [-0.05, 0) is 0 Å². The van der Waals surface area contributed by atoms with Crippen molar-refractivity contribution in [2.45, 2.75) is 25.9 Å². The highest BCUT2D eigenvalue weighted by atomic mass is 35.5. The molecule has 1 heterocycles. The van der Waals surface area contributed by atoms with Gasteiger partial charge in [0.05, 0.1) is 0 Å².